The van der Waals surface area contributed by atoms with Crippen LogP contribution in [0.4, 0.5) is 0 Å². The van der Waals surface area contributed by atoms with Crippen LogP contribution in [0.15, 0.2) is 60.7 Å². The van der Waals surface area contributed by atoms with Crippen molar-refractivity contribution < 1.29 is 23.8 Å². The maximum atomic E-state index is 13.1. The Balaban J connectivity index is 1.85. The molecular weight excluding hydrogens is 380 g/mol. The van der Waals surface area contributed by atoms with Crippen molar-refractivity contribution >= 4 is 11.8 Å². The van der Waals surface area contributed by atoms with Gasteiger partial charge < -0.3 is 14.2 Å². The van der Waals surface area contributed by atoms with E-state index >= 15 is 0 Å². The number of Topliss-reactive ketones (excluding diaryl/α,β-unsaturated/α-hetero) is 1. The average Bonchev–Trinajstić information content (AvgIpc) is 2.75. The van der Waals surface area contributed by atoms with Gasteiger partial charge in [0.2, 0.25) is 0 Å². The van der Waals surface area contributed by atoms with Crippen LogP contribution in [-0.4, -0.2) is 30.1 Å². The smallest absolute Gasteiger partial charge is 0.303 e. The highest BCUT2D eigenvalue weighted by Crippen LogP contribution is 2.36. The van der Waals surface area contributed by atoms with Gasteiger partial charge in [0.05, 0.1) is 19.3 Å². The first-order valence-corrected chi connectivity index (χ1v) is 10.5. The zero-order chi connectivity index (χ0) is 21.5. The molecule has 2 aromatic carbocycles. The predicted molar refractivity (Wildman–Crippen MR) is 114 cm³/mol. The maximum Gasteiger partial charge on any atom is 0.303 e. The average molecular weight is 411 g/mol. The molecular formula is C25H30O5. The monoisotopic (exact) mass is 410 g/mol. The molecule has 1 saturated carbocycles. The number of esters is 1. The van der Waals surface area contributed by atoms with Crippen LogP contribution in [0.5, 0.6) is 0 Å². The third-order valence-electron chi connectivity index (χ3n) is 5.72. The lowest BCUT2D eigenvalue weighted by Gasteiger charge is -2.43. The summed E-state index contributed by atoms with van der Waals surface area (Å²) < 4.78 is 18.0. The predicted octanol–water partition coefficient (Wildman–Crippen LogP) is 4.33. The molecule has 30 heavy (non-hydrogen) atoms. The van der Waals surface area contributed by atoms with Crippen LogP contribution < -0.4 is 0 Å². The molecule has 160 valence electrons. The Morgan fingerprint density at radius 1 is 0.867 bits per heavy atom. The summed E-state index contributed by atoms with van der Waals surface area (Å²) in [4.78, 5) is 24.9. The first-order valence-electron chi connectivity index (χ1n) is 10.5. The highest BCUT2D eigenvalue weighted by Gasteiger charge is 2.50. The minimum atomic E-state index is -0.965. The van der Waals surface area contributed by atoms with Crippen LogP contribution in [-0.2, 0) is 37.0 Å². The fourth-order valence-electron chi connectivity index (χ4n) is 4.17. The molecule has 1 fully saturated rings. The number of carbonyl (C=O) groups is 2. The van der Waals surface area contributed by atoms with E-state index in [-0.39, 0.29) is 23.7 Å². The van der Waals surface area contributed by atoms with Crippen LogP contribution in [0.25, 0.3) is 0 Å². The first kappa shape index (κ1) is 22.2. The Kier molecular flexibility index (Phi) is 7.77. The second-order valence-corrected chi connectivity index (χ2v) is 7.83. The summed E-state index contributed by atoms with van der Waals surface area (Å²) in [5.74, 6) is -0.879. The Labute approximate surface area is 178 Å². The Bertz CT molecular complexity index is 820. The van der Waals surface area contributed by atoms with Gasteiger partial charge in [-0.15, -0.1) is 0 Å². The van der Waals surface area contributed by atoms with Gasteiger partial charge in [-0.05, 0) is 23.5 Å². The van der Waals surface area contributed by atoms with Gasteiger partial charge in [-0.3, -0.25) is 9.59 Å². The molecule has 0 aromatic heterocycles. The number of ketones is 1. The zero-order valence-corrected chi connectivity index (χ0v) is 17.8. The standard InChI is InChI=1S/C25H30O5/c1-4-21-17(2)23(28-15-19-11-7-5-8-12-19)25(24(22(21)27)30-18(3)26)29-16-20-13-9-6-10-14-20/h5-14,17,21,23-25H,4,15-16H2,1-3H3/t17-,21-,23+,24-,25-/m1/s1. The highest BCUT2D eigenvalue weighted by molar-refractivity contribution is 5.89. The van der Waals surface area contributed by atoms with Gasteiger partial charge in [0.25, 0.3) is 0 Å². The van der Waals surface area contributed by atoms with Crippen molar-refractivity contribution in [2.45, 2.75) is 58.7 Å². The summed E-state index contributed by atoms with van der Waals surface area (Å²) in [5.41, 5.74) is 2.03. The molecule has 0 radical (unpaired) electrons. The number of rotatable bonds is 8. The number of benzene rings is 2. The van der Waals surface area contributed by atoms with E-state index in [9.17, 15) is 9.59 Å². The Morgan fingerprint density at radius 2 is 1.37 bits per heavy atom. The van der Waals surface area contributed by atoms with Crippen LogP contribution in [0.3, 0.4) is 0 Å². The van der Waals surface area contributed by atoms with Crippen LogP contribution >= 0.6 is 0 Å². The molecule has 2 aromatic rings. The molecule has 0 amide bonds. The van der Waals surface area contributed by atoms with Gasteiger partial charge in [-0.2, -0.15) is 0 Å². The van der Waals surface area contributed by atoms with Gasteiger partial charge in [-0.1, -0.05) is 74.5 Å². The summed E-state index contributed by atoms with van der Waals surface area (Å²) >= 11 is 0. The van der Waals surface area contributed by atoms with E-state index < -0.39 is 18.2 Å². The van der Waals surface area contributed by atoms with Crippen molar-refractivity contribution in [3.63, 3.8) is 0 Å². The second kappa shape index (κ2) is 10.5. The third kappa shape index (κ3) is 5.35. The van der Waals surface area contributed by atoms with Crippen molar-refractivity contribution in [1.82, 2.24) is 0 Å². The number of hydrogen-bond acceptors (Lipinski definition) is 5. The number of hydrogen-bond donors (Lipinski definition) is 0. The van der Waals surface area contributed by atoms with Crippen LogP contribution in [0, 0.1) is 11.8 Å². The third-order valence-corrected chi connectivity index (χ3v) is 5.72. The van der Waals surface area contributed by atoms with Crippen molar-refractivity contribution in [3.8, 4) is 0 Å². The molecule has 5 heteroatoms. The van der Waals surface area contributed by atoms with Crippen molar-refractivity contribution in [2.75, 3.05) is 0 Å². The van der Waals surface area contributed by atoms with Gasteiger partial charge in [0.1, 0.15) is 6.10 Å². The first-order chi connectivity index (χ1) is 14.5. The normalized spacial score (nSPS) is 26.4. The molecule has 0 saturated heterocycles. The van der Waals surface area contributed by atoms with E-state index in [4.69, 9.17) is 14.2 Å². The fraction of sp³-hybridized carbons (Fsp3) is 0.440. The summed E-state index contributed by atoms with van der Waals surface area (Å²) in [5, 5.41) is 0. The van der Waals surface area contributed by atoms with Gasteiger partial charge in [0, 0.05) is 12.8 Å². The molecule has 1 aliphatic rings. The second-order valence-electron chi connectivity index (χ2n) is 7.83. The van der Waals surface area contributed by atoms with Crippen molar-refractivity contribution in [2.24, 2.45) is 11.8 Å². The van der Waals surface area contributed by atoms with E-state index in [2.05, 4.69) is 0 Å². The summed E-state index contributed by atoms with van der Waals surface area (Å²) in [6.45, 7) is 6.03. The molecule has 5 nitrogen and oxygen atoms in total. The molecule has 0 spiro atoms. The zero-order valence-electron chi connectivity index (χ0n) is 17.8. The summed E-state index contributed by atoms with van der Waals surface area (Å²) in [7, 11) is 0. The molecule has 5 atom stereocenters. The lowest BCUT2D eigenvalue weighted by molar-refractivity contribution is -0.199. The Hall–Kier alpha value is -2.50. The maximum absolute atomic E-state index is 13.1. The minimum Gasteiger partial charge on any atom is -0.452 e. The van der Waals surface area contributed by atoms with Crippen LogP contribution in [0.1, 0.15) is 38.3 Å². The molecule has 0 unspecified atom stereocenters. The van der Waals surface area contributed by atoms with E-state index in [0.29, 0.717) is 19.6 Å². The van der Waals surface area contributed by atoms with Crippen molar-refractivity contribution in [3.05, 3.63) is 71.8 Å². The molecule has 1 aliphatic carbocycles. The van der Waals surface area contributed by atoms with E-state index in [1.54, 1.807) is 0 Å². The lowest BCUT2D eigenvalue weighted by atomic mass is 9.73. The van der Waals surface area contributed by atoms with E-state index in [1.807, 2.05) is 74.5 Å². The fourth-order valence-corrected chi connectivity index (χ4v) is 4.17. The minimum absolute atomic E-state index is 0.0567. The quantitative estimate of drug-likeness (QED) is 0.606. The topological polar surface area (TPSA) is 61.8 Å². The molecule has 3 rings (SSSR count). The lowest BCUT2D eigenvalue weighted by Crippen LogP contribution is -2.58. The van der Waals surface area contributed by atoms with Crippen molar-refractivity contribution in [1.29, 1.82) is 0 Å². The van der Waals surface area contributed by atoms with Gasteiger partial charge >= 0.3 is 5.97 Å². The van der Waals surface area contributed by atoms with Crippen LogP contribution in [0.2, 0.25) is 0 Å². The highest BCUT2D eigenvalue weighted by atomic mass is 16.6. The number of ether oxygens (including phenoxy) is 3. The van der Waals surface area contributed by atoms with Gasteiger partial charge in [-0.25, -0.2) is 0 Å². The van der Waals surface area contributed by atoms with E-state index in [0.717, 1.165) is 11.1 Å². The molecule has 0 bridgehead atoms. The molecule has 0 heterocycles. The van der Waals surface area contributed by atoms with E-state index in [1.165, 1.54) is 6.92 Å². The van der Waals surface area contributed by atoms with Gasteiger partial charge in [0.15, 0.2) is 11.9 Å². The molecule has 0 aliphatic heterocycles. The number of carbonyl (C=O) groups excluding carboxylic acids is 2. The molecule has 0 N–H and O–H groups in total. The summed E-state index contributed by atoms with van der Waals surface area (Å²) in [6, 6.07) is 19.6. The largest absolute Gasteiger partial charge is 0.452 e. The Morgan fingerprint density at radius 3 is 1.83 bits per heavy atom. The summed E-state index contributed by atoms with van der Waals surface area (Å²) in [6.07, 6.45) is -1.34. The SMILES string of the molecule is CC[C@H]1C(=O)[C@@H](OC(C)=O)[C@H](OCc2ccccc2)[C@@H](OCc2ccccc2)[C@@H]1C.